The van der Waals surface area contributed by atoms with Crippen molar-refractivity contribution in [1.29, 1.82) is 0 Å². The van der Waals surface area contributed by atoms with E-state index < -0.39 is 22.5 Å². The molecule has 0 unspecified atom stereocenters. The summed E-state index contributed by atoms with van der Waals surface area (Å²) in [6, 6.07) is 33.8. The Hall–Kier alpha value is -4.69. The van der Waals surface area contributed by atoms with Crippen LogP contribution in [0.1, 0.15) is 5.56 Å². The number of hydrogen-bond donors (Lipinski definition) is 1. The molecule has 7 nitrogen and oxygen atoms in total. The molecule has 0 bridgehead atoms. The molecule has 0 heterocycles. The molecule has 0 saturated heterocycles. The molecule has 190 valence electrons. The zero-order valence-electron chi connectivity index (χ0n) is 20.6. The highest BCUT2D eigenvalue weighted by molar-refractivity contribution is 7.92. The Balaban J connectivity index is 1.33. The van der Waals surface area contributed by atoms with Crippen LogP contribution in [0.25, 0.3) is 21.5 Å². The Morgan fingerprint density at radius 2 is 1.37 bits per heavy atom. The highest BCUT2D eigenvalue weighted by Crippen LogP contribution is 2.28. The first kappa shape index (κ1) is 25.0. The molecule has 5 rings (SSSR count). The maximum atomic E-state index is 12.7. The van der Waals surface area contributed by atoms with Crippen LogP contribution in [0.4, 0.5) is 5.69 Å². The minimum atomic E-state index is -3.74. The van der Waals surface area contributed by atoms with Crippen molar-refractivity contribution in [1.82, 2.24) is 5.43 Å². The fourth-order valence-corrected chi connectivity index (χ4v) is 5.08. The van der Waals surface area contributed by atoms with Crippen LogP contribution in [0.2, 0.25) is 0 Å². The van der Waals surface area contributed by atoms with Gasteiger partial charge in [0.25, 0.3) is 5.91 Å². The average Bonchev–Trinajstić information content (AvgIpc) is 2.92. The summed E-state index contributed by atoms with van der Waals surface area (Å²) in [6.07, 6.45) is 2.66. The van der Waals surface area contributed by atoms with Crippen LogP contribution in [0.15, 0.2) is 114 Å². The smallest absolute Gasteiger partial charge is 0.260 e. The normalized spacial score (nSPS) is 11.6. The molecule has 5 aromatic rings. The molecule has 0 spiro atoms. The molecule has 1 amide bonds. The predicted molar refractivity (Wildman–Crippen MR) is 152 cm³/mol. The summed E-state index contributed by atoms with van der Waals surface area (Å²) in [5.74, 6) is 0.641. The molecule has 0 fully saturated rings. The highest BCUT2D eigenvalue weighted by atomic mass is 32.2. The van der Waals surface area contributed by atoms with Gasteiger partial charge in [0.2, 0.25) is 10.0 Å². The first-order valence-electron chi connectivity index (χ1n) is 11.9. The molecular formula is C30H25N3O4S. The first-order chi connectivity index (χ1) is 18.4. The van der Waals surface area contributed by atoms with E-state index in [1.807, 2.05) is 78.9 Å². The van der Waals surface area contributed by atoms with Gasteiger partial charge in [-0.3, -0.25) is 9.10 Å². The molecular weight excluding hydrogens is 498 g/mol. The van der Waals surface area contributed by atoms with Crippen molar-refractivity contribution in [3.8, 4) is 11.5 Å². The maximum Gasteiger partial charge on any atom is 0.260 e. The van der Waals surface area contributed by atoms with Crippen LogP contribution in [0.3, 0.4) is 0 Å². The monoisotopic (exact) mass is 523 g/mol. The second-order valence-electron chi connectivity index (χ2n) is 8.70. The molecule has 8 heteroatoms. The molecule has 0 aliphatic carbocycles. The summed E-state index contributed by atoms with van der Waals surface area (Å²) in [4.78, 5) is 12.7. The number of carbonyl (C=O) groups is 1. The number of para-hydroxylation sites is 1. The van der Waals surface area contributed by atoms with E-state index in [-0.39, 0.29) is 0 Å². The van der Waals surface area contributed by atoms with E-state index in [2.05, 4.69) is 16.6 Å². The minimum Gasteiger partial charge on any atom is -0.457 e. The Morgan fingerprint density at radius 1 is 0.816 bits per heavy atom. The van der Waals surface area contributed by atoms with Crippen molar-refractivity contribution >= 4 is 49.4 Å². The summed E-state index contributed by atoms with van der Waals surface area (Å²) in [5, 5.41) is 8.28. The molecule has 5 aromatic carbocycles. The number of nitrogens with zero attached hydrogens (tertiary/aromatic N) is 2. The minimum absolute atomic E-state index is 0.340. The standard InChI is InChI=1S/C30H25N3O4S/c1-38(35,36)33(24-15-17-26(18-16-24)37-25-11-3-2-4-12-25)21-30(34)32-31-20-29-27-13-7-5-9-22(27)19-23-10-6-8-14-28(23)29/h2-20H,21H2,1H3,(H,32,34)/b31-20+. The van der Waals surface area contributed by atoms with E-state index >= 15 is 0 Å². The fraction of sp³-hybridized carbons (Fsp3) is 0.0667. The van der Waals surface area contributed by atoms with E-state index in [0.29, 0.717) is 17.2 Å². The summed E-state index contributed by atoms with van der Waals surface area (Å²) in [5.41, 5.74) is 3.69. The van der Waals surface area contributed by atoms with Gasteiger partial charge in [0.15, 0.2) is 0 Å². The van der Waals surface area contributed by atoms with E-state index in [1.165, 1.54) is 0 Å². The number of rotatable bonds is 8. The first-order valence-corrected chi connectivity index (χ1v) is 13.8. The quantitative estimate of drug-likeness (QED) is 0.161. The Kier molecular flexibility index (Phi) is 7.06. The van der Waals surface area contributed by atoms with E-state index in [1.54, 1.807) is 30.5 Å². The summed E-state index contributed by atoms with van der Waals surface area (Å²) >= 11 is 0. The van der Waals surface area contributed by atoms with Crippen LogP contribution in [-0.2, 0) is 14.8 Å². The number of benzene rings is 5. The Morgan fingerprint density at radius 3 is 1.97 bits per heavy atom. The molecule has 0 aromatic heterocycles. The van der Waals surface area contributed by atoms with Crippen molar-refractivity contribution < 1.29 is 17.9 Å². The molecule has 38 heavy (non-hydrogen) atoms. The number of nitrogens with one attached hydrogen (secondary N) is 1. The number of fused-ring (bicyclic) bond motifs is 2. The van der Waals surface area contributed by atoms with Crippen LogP contribution < -0.4 is 14.5 Å². The van der Waals surface area contributed by atoms with Gasteiger partial charge in [-0.15, -0.1) is 0 Å². The zero-order valence-corrected chi connectivity index (χ0v) is 21.4. The maximum absolute atomic E-state index is 12.7. The molecule has 0 saturated carbocycles. The van der Waals surface area contributed by atoms with Crippen molar-refractivity contribution in [3.63, 3.8) is 0 Å². The predicted octanol–water partition coefficient (Wildman–Crippen LogP) is 5.70. The lowest BCUT2D eigenvalue weighted by molar-refractivity contribution is -0.119. The fourth-order valence-electron chi connectivity index (χ4n) is 4.23. The van der Waals surface area contributed by atoms with Crippen molar-refractivity contribution in [2.45, 2.75) is 0 Å². The molecule has 0 aliphatic heterocycles. The van der Waals surface area contributed by atoms with E-state index in [0.717, 1.165) is 37.7 Å². The number of hydrogen-bond acceptors (Lipinski definition) is 5. The second-order valence-corrected chi connectivity index (χ2v) is 10.6. The van der Waals surface area contributed by atoms with Crippen LogP contribution in [0, 0.1) is 0 Å². The number of hydrazone groups is 1. The zero-order chi connectivity index (χ0) is 26.5. The molecule has 0 atom stereocenters. The lowest BCUT2D eigenvalue weighted by Crippen LogP contribution is -2.39. The second kappa shape index (κ2) is 10.7. The van der Waals surface area contributed by atoms with Crippen LogP contribution >= 0.6 is 0 Å². The number of amides is 1. The average molecular weight is 524 g/mol. The van der Waals surface area contributed by atoms with Gasteiger partial charge in [-0.05, 0) is 64.0 Å². The van der Waals surface area contributed by atoms with Gasteiger partial charge in [-0.25, -0.2) is 13.8 Å². The van der Waals surface area contributed by atoms with Crippen LogP contribution in [0.5, 0.6) is 11.5 Å². The third kappa shape index (κ3) is 5.66. The van der Waals surface area contributed by atoms with Gasteiger partial charge >= 0.3 is 0 Å². The molecule has 1 N–H and O–H groups in total. The molecule has 0 radical (unpaired) electrons. The number of ether oxygens (including phenoxy) is 1. The summed E-state index contributed by atoms with van der Waals surface area (Å²) in [7, 11) is -3.74. The van der Waals surface area contributed by atoms with Crippen molar-refractivity contribution in [2.24, 2.45) is 5.10 Å². The SMILES string of the molecule is CS(=O)(=O)N(CC(=O)N/N=C/c1c2ccccc2cc2ccccc12)c1ccc(Oc2ccccc2)cc1. The van der Waals surface area contributed by atoms with E-state index in [9.17, 15) is 13.2 Å². The number of anilines is 1. The van der Waals surface area contributed by atoms with Gasteiger partial charge in [0.1, 0.15) is 18.0 Å². The Labute approximate surface area is 221 Å². The van der Waals surface area contributed by atoms with Gasteiger partial charge in [-0.1, -0.05) is 66.7 Å². The van der Waals surface area contributed by atoms with Crippen LogP contribution in [-0.4, -0.2) is 33.3 Å². The van der Waals surface area contributed by atoms with Gasteiger partial charge < -0.3 is 4.74 Å². The molecule has 0 aliphatic rings. The van der Waals surface area contributed by atoms with Crippen molar-refractivity contribution in [2.75, 3.05) is 17.1 Å². The third-order valence-electron chi connectivity index (χ3n) is 5.99. The Bertz CT molecular complexity index is 1680. The lowest BCUT2D eigenvalue weighted by atomic mass is 9.97. The van der Waals surface area contributed by atoms with E-state index in [4.69, 9.17) is 4.74 Å². The highest BCUT2D eigenvalue weighted by Gasteiger charge is 2.21. The van der Waals surface area contributed by atoms with Gasteiger partial charge in [0.05, 0.1) is 18.2 Å². The number of carbonyl (C=O) groups excluding carboxylic acids is 1. The summed E-state index contributed by atoms with van der Waals surface area (Å²) < 4.78 is 31.8. The van der Waals surface area contributed by atoms with Crippen molar-refractivity contribution in [3.05, 3.63) is 115 Å². The third-order valence-corrected chi connectivity index (χ3v) is 7.13. The largest absolute Gasteiger partial charge is 0.457 e. The lowest BCUT2D eigenvalue weighted by Gasteiger charge is -2.21. The number of sulfonamides is 1. The summed E-state index contributed by atoms with van der Waals surface area (Å²) in [6.45, 7) is -0.425. The topological polar surface area (TPSA) is 88.1 Å². The van der Waals surface area contributed by atoms with Gasteiger partial charge in [-0.2, -0.15) is 5.10 Å². The van der Waals surface area contributed by atoms with Gasteiger partial charge in [0, 0.05) is 5.56 Å².